The van der Waals surface area contributed by atoms with Crippen molar-refractivity contribution in [2.45, 2.75) is 70.2 Å². The highest BCUT2D eigenvalue weighted by molar-refractivity contribution is 5.39. The Hall–Kier alpha value is -1.50. The molecule has 0 amide bonds. The molecule has 0 saturated carbocycles. The third kappa shape index (κ3) is 3.50. The molecule has 1 N–H and O–H groups in total. The summed E-state index contributed by atoms with van der Waals surface area (Å²) in [4.78, 5) is 1.64. The van der Waals surface area contributed by atoms with Crippen LogP contribution in [0, 0.1) is 17.8 Å². The number of hydrogen-bond donors (Lipinski definition) is 1. The first-order valence-electron chi connectivity index (χ1n) is 10.3. The first-order valence-corrected chi connectivity index (χ1v) is 10.3. The molecule has 3 aliphatic rings. The van der Waals surface area contributed by atoms with Crippen LogP contribution in [-0.2, 0) is 4.74 Å². The van der Waals surface area contributed by atoms with E-state index < -0.39 is 0 Å². The van der Waals surface area contributed by atoms with Gasteiger partial charge in [0.2, 0.25) is 0 Å². The summed E-state index contributed by atoms with van der Waals surface area (Å²) in [5.41, 5.74) is 0.633. The van der Waals surface area contributed by atoms with Crippen molar-refractivity contribution in [2.75, 3.05) is 19.6 Å². The Bertz CT molecular complexity index is 710. The largest absolute Gasteiger partial charge is 0.487 e. The highest BCUT2D eigenvalue weighted by Gasteiger charge is 2.49. The zero-order chi connectivity index (χ0) is 18.2. The molecule has 0 aliphatic carbocycles. The van der Waals surface area contributed by atoms with E-state index in [9.17, 15) is 0 Å². The van der Waals surface area contributed by atoms with Crippen LogP contribution in [0.1, 0.15) is 64.5 Å². The Morgan fingerprint density at radius 1 is 1.12 bits per heavy atom. The van der Waals surface area contributed by atoms with E-state index in [1.165, 1.54) is 37.9 Å². The van der Waals surface area contributed by atoms with Gasteiger partial charge in [-0.3, -0.25) is 0 Å². The summed E-state index contributed by atoms with van der Waals surface area (Å²) in [5, 5.41) is 0. The molecule has 26 heavy (non-hydrogen) atoms. The van der Waals surface area contributed by atoms with E-state index in [-0.39, 0.29) is 17.3 Å². The number of piperidine rings is 1. The standard InChI is InChI=1S/C23H31NO2/c1-22(2)19-12-14-23(3,13-9-17-24-15-7-4-8-16-24)26-21(19)18-10-5-6-11-20(18)25-22/h5-6,10-11,19,21H,4,7-8,12,14-17H2,1-3H3/p+1/t19-,21+,23+/m1/s1. The molecule has 4 rings (SSSR count). The molecule has 140 valence electrons. The van der Waals surface area contributed by atoms with Crippen LogP contribution in [0.5, 0.6) is 5.75 Å². The molecular weight excluding hydrogens is 322 g/mol. The smallest absolute Gasteiger partial charge is 0.139 e. The van der Waals surface area contributed by atoms with Gasteiger partial charge in [0, 0.05) is 11.5 Å². The Balaban J connectivity index is 1.52. The second-order valence-corrected chi connectivity index (χ2v) is 8.95. The van der Waals surface area contributed by atoms with Gasteiger partial charge in [-0.05, 0) is 64.9 Å². The summed E-state index contributed by atoms with van der Waals surface area (Å²) >= 11 is 0. The van der Waals surface area contributed by atoms with Crippen molar-refractivity contribution in [2.24, 2.45) is 5.92 Å². The number of benzene rings is 1. The second kappa shape index (κ2) is 6.91. The molecule has 0 aromatic heterocycles. The minimum absolute atomic E-state index is 0.0744. The van der Waals surface area contributed by atoms with Gasteiger partial charge >= 0.3 is 0 Å². The van der Waals surface area contributed by atoms with Crippen molar-refractivity contribution < 1.29 is 14.4 Å². The fourth-order valence-electron chi connectivity index (χ4n) is 4.84. The normalized spacial score (nSPS) is 33.2. The SMILES string of the molecule is CC1(C)Oc2ccccc2[C@@H]2O[C@@](C)(C#CC[NH+]3CCCCC3)CC[C@H]21. The maximum atomic E-state index is 6.67. The van der Waals surface area contributed by atoms with E-state index in [0.29, 0.717) is 5.92 Å². The summed E-state index contributed by atoms with van der Waals surface area (Å²) in [6.07, 6.45) is 6.23. The zero-order valence-corrected chi connectivity index (χ0v) is 16.4. The van der Waals surface area contributed by atoms with E-state index in [1.807, 2.05) is 6.07 Å². The van der Waals surface area contributed by atoms with Crippen LogP contribution in [0.25, 0.3) is 0 Å². The number of rotatable bonds is 1. The molecular formula is C23H32NO2+. The maximum Gasteiger partial charge on any atom is 0.139 e. The third-order valence-corrected chi connectivity index (χ3v) is 6.43. The van der Waals surface area contributed by atoms with Gasteiger partial charge in [0.05, 0.1) is 19.2 Å². The van der Waals surface area contributed by atoms with Gasteiger partial charge in [0.25, 0.3) is 0 Å². The minimum atomic E-state index is -0.350. The van der Waals surface area contributed by atoms with Crippen molar-refractivity contribution in [3.8, 4) is 17.6 Å². The number of hydrogen-bond acceptors (Lipinski definition) is 2. The lowest BCUT2D eigenvalue weighted by atomic mass is 9.73. The van der Waals surface area contributed by atoms with E-state index in [0.717, 1.165) is 25.1 Å². The predicted molar refractivity (Wildman–Crippen MR) is 103 cm³/mol. The molecule has 0 spiro atoms. The molecule has 1 aromatic rings. The molecule has 3 heteroatoms. The molecule has 0 radical (unpaired) electrons. The molecule has 1 aromatic carbocycles. The average Bonchev–Trinajstić information content (AvgIpc) is 2.62. The van der Waals surface area contributed by atoms with Gasteiger partial charge in [-0.15, -0.1) is 0 Å². The predicted octanol–water partition coefficient (Wildman–Crippen LogP) is 3.16. The van der Waals surface area contributed by atoms with E-state index in [4.69, 9.17) is 9.47 Å². The topological polar surface area (TPSA) is 22.9 Å². The monoisotopic (exact) mass is 354 g/mol. The first kappa shape index (κ1) is 17.9. The number of fused-ring (bicyclic) bond motifs is 3. The molecule has 3 nitrogen and oxygen atoms in total. The fourth-order valence-corrected chi connectivity index (χ4v) is 4.84. The maximum absolute atomic E-state index is 6.67. The van der Waals surface area contributed by atoms with Crippen LogP contribution in [0.3, 0.4) is 0 Å². The summed E-state index contributed by atoms with van der Waals surface area (Å²) in [6.45, 7) is 10.1. The van der Waals surface area contributed by atoms with E-state index in [2.05, 4.69) is 50.8 Å². The third-order valence-electron chi connectivity index (χ3n) is 6.43. The minimum Gasteiger partial charge on any atom is -0.487 e. The Morgan fingerprint density at radius 2 is 1.88 bits per heavy atom. The van der Waals surface area contributed by atoms with Crippen LogP contribution < -0.4 is 9.64 Å². The van der Waals surface area contributed by atoms with Crippen molar-refractivity contribution in [3.05, 3.63) is 29.8 Å². The van der Waals surface area contributed by atoms with Gasteiger partial charge in [-0.25, -0.2) is 0 Å². The number of para-hydroxylation sites is 1. The van der Waals surface area contributed by atoms with Gasteiger partial charge < -0.3 is 14.4 Å². The molecule has 2 saturated heterocycles. The van der Waals surface area contributed by atoms with Crippen molar-refractivity contribution in [1.29, 1.82) is 0 Å². The molecule has 3 heterocycles. The summed E-state index contributed by atoms with van der Waals surface area (Å²) in [6, 6.07) is 8.34. The van der Waals surface area contributed by atoms with Crippen LogP contribution in [0.15, 0.2) is 24.3 Å². The Kier molecular flexibility index (Phi) is 4.75. The van der Waals surface area contributed by atoms with Crippen LogP contribution in [-0.4, -0.2) is 30.8 Å². The molecule has 3 atom stereocenters. The lowest BCUT2D eigenvalue weighted by Gasteiger charge is -2.50. The number of ether oxygens (including phenoxy) is 2. The Morgan fingerprint density at radius 3 is 2.69 bits per heavy atom. The number of likely N-dealkylation sites (tertiary alicyclic amines) is 1. The first-order chi connectivity index (χ1) is 12.5. The lowest BCUT2D eigenvalue weighted by Crippen LogP contribution is -3.12. The van der Waals surface area contributed by atoms with Gasteiger partial charge in [-0.1, -0.05) is 24.1 Å². The molecule has 0 bridgehead atoms. The zero-order valence-electron chi connectivity index (χ0n) is 16.4. The summed E-state index contributed by atoms with van der Waals surface area (Å²) in [5.74, 6) is 8.31. The highest BCUT2D eigenvalue weighted by Crippen LogP contribution is 2.52. The van der Waals surface area contributed by atoms with Crippen LogP contribution in [0.2, 0.25) is 0 Å². The average molecular weight is 355 g/mol. The molecule has 3 aliphatic heterocycles. The number of quaternary nitrogens is 1. The Labute approximate surface area is 158 Å². The van der Waals surface area contributed by atoms with E-state index >= 15 is 0 Å². The molecule has 2 fully saturated rings. The van der Waals surface area contributed by atoms with Crippen LogP contribution in [0.4, 0.5) is 0 Å². The second-order valence-electron chi connectivity index (χ2n) is 8.95. The lowest BCUT2D eigenvalue weighted by molar-refractivity contribution is -0.897. The van der Waals surface area contributed by atoms with Crippen LogP contribution >= 0.6 is 0 Å². The van der Waals surface area contributed by atoms with Crippen molar-refractivity contribution in [1.82, 2.24) is 0 Å². The van der Waals surface area contributed by atoms with Crippen molar-refractivity contribution in [3.63, 3.8) is 0 Å². The van der Waals surface area contributed by atoms with Gasteiger partial charge in [0.15, 0.2) is 0 Å². The van der Waals surface area contributed by atoms with Crippen molar-refractivity contribution >= 4 is 0 Å². The van der Waals surface area contributed by atoms with Gasteiger partial charge in [-0.2, -0.15) is 0 Å². The molecule has 0 unspecified atom stereocenters. The van der Waals surface area contributed by atoms with E-state index in [1.54, 1.807) is 4.90 Å². The quantitative estimate of drug-likeness (QED) is 0.783. The highest BCUT2D eigenvalue weighted by atomic mass is 16.5. The van der Waals surface area contributed by atoms with Gasteiger partial charge in [0.1, 0.15) is 23.5 Å². The summed E-state index contributed by atoms with van der Waals surface area (Å²) in [7, 11) is 0. The summed E-state index contributed by atoms with van der Waals surface area (Å²) < 4.78 is 13.0. The number of nitrogens with one attached hydrogen (secondary N) is 1. The fraction of sp³-hybridized carbons (Fsp3) is 0.652.